The Balaban J connectivity index is 2.58. The fourth-order valence-electron chi connectivity index (χ4n) is 2.10. The van der Waals surface area contributed by atoms with E-state index >= 15 is 0 Å². The maximum Gasteiger partial charge on any atom is 0.215 e. The third-order valence-electron chi connectivity index (χ3n) is 3.44. The number of aliphatic imine (C=N–C) groups is 1. The zero-order valence-electron chi connectivity index (χ0n) is 14.4. The van der Waals surface area contributed by atoms with Crippen molar-refractivity contribution in [3.8, 4) is 0 Å². The highest BCUT2D eigenvalue weighted by atomic mass is 32.2. The zero-order chi connectivity index (χ0) is 17.3. The Morgan fingerprint density at radius 1 is 1.26 bits per heavy atom. The molecular formula is C15H28N4O2S2. The molecule has 0 aliphatic carbocycles. The van der Waals surface area contributed by atoms with Gasteiger partial charge in [0.25, 0.3) is 0 Å². The van der Waals surface area contributed by atoms with Gasteiger partial charge in [0.2, 0.25) is 10.0 Å². The van der Waals surface area contributed by atoms with Gasteiger partial charge in [0, 0.05) is 31.1 Å². The average Bonchev–Trinajstić information content (AvgIpc) is 2.91. The van der Waals surface area contributed by atoms with E-state index in [1.54, 1.807) is 11.3 Å². The lowest BCUT2D eigenvalue weighted by Crippen LogP contribution is -2.42. The number of guanidine groups is 1. The summed E-state index contributed by atoms with van der Waals surface area (Å²) >= 11 is 1.68. The highest BCUT2D eigenvalue weighted by Crippen LogP contribution is 2.16. The van der Waals surface area contributed by atoms with E-state index in [1.165, 1.54) is 14.7 Å². The summed E-state index contributed by atoms with van der Waals surface area (Å²) in [5, 5.41) is 8.30. The molecule has 23 heavy (non-hydrogen) atoms. The number of nitrogens with zero attached hydrogens (tertiary/aromatic N) is 2. The Hall–Kier alpha value is -1.12. The fraction of sp³-hybridized carbons (Fsp3) is 0.667. The summed E-state index contributed by atoms with van der Waals surface area (Å²) in [6.07, 6.45) is 0. The number of rotatable bonds is 9. The number of sulfonamides is 1. The summed E-state index contributed by atoms with van der Waals surface area (Å²) in [5.41, 5.74) is 1.23. The van der Waals surface area contributed by atoms with Crippen LogP contribution in [0.3, 0.4) is 0 Å². The Bertz CT molecular complexity index is 592. The molecule has 6 nitrogen and oxygen atoms in total. The highest BCUT2D eigenvalue weighted by molar-refractivity contribution is 7.89. The first-order valence-electron chi connectivity index (χ1n) is 7.97. The van der Waals surface area contributed by atoms with Crippen LogP contribution in [0.4, 0.5) is 0 Å². The van der Waals surface area contributed by atoms with Gasteiger partial charge in [-0.3, -0.25) is 0 Å². The summed E-state index contributed by atoms with van der Waals surface area (Å²) in [5.74, 6) is 0.715. The normalized spacial score (nSPS) is 12.7. The van der Waals surface area contributed by atoms with Gasteiger partial charge >= 0.3 is 0 Å². The molecule has 1 heterocycles. The van der Waals surface area contributed by atoms with E-state index in [2.05, 4.69) is 34.0 Å². The topological polar surface area (TPSA) is 73.8 Å². The first-order chi connectivity index (χ1) is 10.9. The molecule has 0 bridgehead atoms. The van der Waals surface area contributed by atoms with Crippen LogP contribution >= 0.6 is 11.3 Å². The Morgan fingerprint density at radius 2 is 1.96 bits per heavy atom. The molecule has 0 saturated carbocycles. The van der Waals surface area contributed by atoms with Crippen LogP contribution < -0.4 is 10.6 Å². The summed E-state index contributed by atoms with van der Waals surface area (Å²) in [7, 11) is -3.21. The highest BCUT2D eigenvalue weighted by Gasteiger charge is 2.18. The molecular weight excluding hydrogens is 332 g/mol. The van der Waals surface area contributed by atoms with Gasteiger partial charge in [0.05, 0.1) is 12.3 Å². The van der Waals surface area contributed by atoms with Gasteiger partial charge in [0.1, 0.15) is 0 Å². The summed E-state index contributed by atoms with van der Waals surface area (Å²) in [6.45, 7) is 10.4. The molecule has 8 heteroatoms. The van der Waals surface area contributed by atoms with Crippen molar-refractivity contribution >= 4 is 27.3 Å². The lowest BCUT2D eigenvalue weighted by Gasteiger charge is -2.19. The molecule has 0 unspecified atom stereocenters. The lowest BCUT2D eigenvalue weighted by molar-refractivity contribution is 0.445. The molecule has 0 radical (unpaired) electrons. The quantitative estimate of drug-likeness (QED) is 0.520. The predicted octanol–water partition coefficient (Wildman–Crippen LogP) is 1.78. The largest absolute Gasteiger partial charge is 0.357 e. The van der Waals surface area contributed by atoms with E-state index in [4.69, 9.17) is 0 Å². The SMILES string of the molecule is CCNC(=NCc1sccc1C)NCCS(=O)(=O)N(CC)CC. The molecule has 0 atom stereocenters. The minimum atomic E-state index is -3.21. The molecule has 0 aliphatic rings. The molecule has 0 spiro atoms. The second-order valence-electron chi connectivity index (χ2n) is 5.05. The monoisotopic (exact) mass is 360 g/mol. The molecule has 1 aromatic rings. The number of aryl methyl sites for hydroxylation is 1. The van der Waals surface area contributed by atoms with Crippen LogP contribution in [0.25, 0.3) is 0 Å². The van der Waals surface area contributed by atoms with Gasteiger partial charge in [-0.05, 0) is 30.9 Å². The molecule has 2 N–H and O–H groups in total. The van der Waals surface area contributed by atoms with Crippen LogP contribution in [-0.4, -0.2) is 50.6 Å². The third-order valence-corrected chi connectivity index (χ3v) is 6.48. The lowest BCUT2D eigenvalue weighted by atomic mass is 10.3. The van der Waals surface area contributed by atoms with Gasteiger partial charge in [-0.25, -0.2) is 17.7 Å². The van der Waals surface area contributed by atoms with Crippen molar-refractivity contribution in [2.45, 2.75) is 34.2 Å². The number of hydrogen-bond donors (Lipinski definition) is 2. The molecule has 0 aliphatic heterocycles. The first-order valence-corrected chi connectivity index (χ1v) is 10.5. The molecule has 132 valence electrons. The van der Waals surface area contributed by atoms with Crippen LogP contribution in [0, 0.1) is 6.92 Å². The van der Waals surface area contributed by atoms with E-state index in [0.717, 1.165) is 6.54 Å². The standard InChI is InChI=1S/C15H28N4O2S2/c1-5-16-15(18-12-14-13(4)8-10-22-14)17-9-11-23(20,21)19(6-2)7-3/h8,10H,5-7,9,11-12H2,1-4H3,(H2,16,17,18). The van der Waals surface area contributed by atoms with Crippen LogP contribution in [0.15, 0.2) is 16.4 Å². The Kier molecular flexibility index (Phi) is 8.57. The van der Waals surface area contributed by atoms with E-state index in [1.807, 2.05) is 20.8 Å². The van der Waals surface area contributed by atoms with E-state index in [-0.39, 0.29) is 5.75 Å². The second kappa shape index (κ2) is 9.89. The van der Waals surface area contributed by atoms with E-state index in [9.17, 15) is 8.42 Å². The van der Waals surface area contributed by atoms with Gasteiger partial charge in [-0.2, -0.15) is 0 Å². The van der Waals surface area contributed by atoms with Crippen molar-refractivity contribution in [2.24, 2.45) is 4.99 Å². The van der Waals surface area contributed by atoms with Crippen molar-refractivity contribution in [2.75, 3.05) is 31.9 Å². The van der Waals surface area contributed by atoms with Gasteiger partial charge in [-0.1, -0.05) is 13.8 Å². The molecule has 1 rings (SSSR count). The van der Waals surface area contributed by atoms with Gasteiger partial charge < -0.3 is 10.6 Å². The molecule has 0 fully saturated rings. The molecule has 0 saturated heterocycles. The fourth-order valence-corrected chi connectivity index (χ4v) is 4.34. The Morgan fingerprint density at radius 3 is 2.48 bits per heavy atom. The van der Waals surface area contributed by atoms with Gasteiger partial charge in [0.15, 0.2) is 5.96 Å². The smallest absolute Gasteiger partial charge is 0.215 e. The number of hydrogen-bond acceptors (Lipinski definition) is 4. The first kappa shape index (κ1) is 19.9. The van der Waals surface area contributed by atoms with Crippen molar-refractivity contribution in [1.29, 1.82) is 0 Å². The van der Waals surface area contributed by atoms with Crippen LogP contribution in [0.5, 0.6) is 0 Å². The number of thiophene rings is 1. The summed E-state index contributed by atoms with van der Waals surface area (Å²) in [4.78, 5) is 5.74. The van der Waals surface area contributed by atoms with E-state index in [0.29, 0.717) is 32.1 Å². The molecule has 0 aromatic carbocycles. The maximum absolute atomic E-state index is 12.1. The molecule has 1 aromatic heterocycles. The Labute approximate surface area is 144 Å². The van der Waals surface area contributed by atoms with Crippen molar-refractivity contribution in [3.05, 3.63) is 21.9 Å². The second-order valence-corrected chi connectivity index (χ2v) is 8.14. The van der Waals surface area contributed by atoms with Gasteiger partial charge in [-0.15, -0.1) is 11.3 Å². The van der Waals surface area contributed by atoms with Crippen molar-refractivity contribution in [1.82, 2.24) is 14.9 Å². The maximum atomic E-state index is 12.1. The van der Waals surface area contributed by atoms with Crippen LogP contribution in [0.1, 0.15) is 31.2 Å². The van der Waals surface area contributed by atoms with E-state index < -0.39 is 10.0 Å². The van der Waals surface area contributed by atoms with Crippen LogP contribution in [-0.2, 0) is 16.6 Å². The third kappa shape index (κ3) is 6.48. The number of nitrogens with one attached hydrogen (secondary N) is 2. The van der Waals surface area contributed by atoms with Crippen molar-refractivity contribution < 1.29 is 8.42 Å². The van der Waals surface area contributed by atoms with Crippen LogP contribution in [0.2, 0.25) is 0 Å². The summed E-state index contributed by atoms with van der Waals surface area (Å²) in [6, 6.07) is 2.08. The zero-order valence-corrected chi connectivity index (χ0v) is 16.1. The minimum Gasteiger partial charge on any atom is -0.357 e. The predicted molar refractivity (Wildman–Crippen MR) is 98.6 cm³/mol. The van der Waals surface area contributed by atoms with Crippen molar-refractivity contribution in [3.63, 3.8) is 0 Å². The summed E-state index contributed by atoms with van der Waals surface area (Å²) < 4.78 is 25.8. The average molecular weight is 361 g/mol. The molecule has 0 amide bonds. The minimum absolute atomic E-state index is 0.0666.